The molecule has 0 spiro atoms. The molecule has 2 heterocycles. The van der Waals surface area contributed by atoms with Gasteiger partial charge in [0.1, 0.15) is 0 Å². The van der Waals surface area contributed by atoms with Crippen molar-refractivity contribution in [1.82, 2.24) is 15.2 Å². The molecule has 0 radical (unpaired) electrons. The van der Waals surface area contributed by atoms with Crippen LogP contribution in [0.3, 0.4) is 0 Å². The fourth-order valence-corrected chi connectivity index (χ4v) is 2.14. The van der Waals surface area contributed by atoms with Crippen LogP contribution in [0.4, 0.5) is 0 Å². The zero-order valence-corrected chi connectivity index (χ0v) is 10.5. The molecule has 3 rings (SSSR count). The van der Waals surface area contributed by atoms with Crippen molar-refractivity contribution in [2.24, 2.45) is 0 Å². The molecule has 3 aromatic rings. The van der Waals surface area contributed by atoms with E-state index in [4.69, 9.17) is 5.26 Å². The lowest BCUT2D eigenvalue weighted by atomic mass is 10.0. The summed E-state index contributed by atoms with van der Waals surface area (Å²) in [7, 11) is 0. The largest absolute Gasteiger partial charge is 0.261 e. The topological polar surface area (TPSA) is 65.4 Å². The number of fused-ring (bicyclic) bond motifs is 1. The third kappa shape index (κ3) is 2.06. The summed E-state index contributed by atoms with van der Waals surface area (Å²) in [6.07, 6.45) is 2.25. The molecule has 19 heavy (non-hydrogen) atoms. The molecule has 0 amide bonds. The molecule has 1 N–H and O–H groups in total. The zero-order chi connectivity index (χ0) is 13.2. The highest BCUT2D eigenvalue weighted by Gasteiger charge is 2.06. The van der Waals surface area contributed by atoms with E-state index in [1.54, 1.807) is 0 Å². The van der Waals surface area contributed by atoms with Crippen LogP contribution in [0, 0.1) is 18.3 Å². The Bertz CT molecular complexity index is 780. The number of aryl methyl sites for hydroxylation is 1. The Hall–Kier alpha value is -2.67. The fourth-order valence-electron chi connectivity index (χ4n) is 2.14. The van der Waals surface area contributed by atoms with Gasteiger partial charge in [0.15, 0.2) is 5.65 Å². The minimum atomic E-state index is 0.425. The van der Waals surface area contributed by atoms with Gasteiger partial charge in [0, 0.05) is 17.1 Å². The summed E-state index contributed by atoms with van der Waals surface area (Å²) in [5.41, 5.74) is 4.87. The van der Waals surface area contributed by atoms with Gasteiger partial charge >= 0.3 is 0 Å². The van der Waals surface area contributed by atoms with E-state index in [9.17, 15) is 0 Å². The van der Waals surface area contributed by atoms with Crippen molar-refractivity contribution in [1.29, 1.82) is 5.26 Å². The summed E-state index contributed by atoms with van der Waals surface area (Å²) in [5.74, 6) is 0. The van der Waals surface area contributed by atoms with Crippen LogP contribution in [-0.2, 0) is 6.42 Å². The molecule has 2 aromatic heterocycles. The van der Waals surface area contributed by atoms with Gasteiger partial charge in [-0.2, -0.15) is 10.4 Å². The molecule has 0 atom stereocenters. The smallest absolute Gasteiger partial charge is 0.155 e. The highest BCUT2D eigenvalue weighted by atomic mass is 15.1. The third-order valence-corrected chi connectivity index (χ3v) is 3.15. The molecular formula is C15H12N4. The molecule has 0 bridgehead atoms. The van der Waals surface area contributed by atoms with Crippen LogP contribution in [-0.4, -0.2) is 15.2 Å². The second kappa shape index (κ2) is 4.54. The molecule has 0 saturated carbocycles. The van der Waals surface area contributed by atoms with Gasteiger partial charge in [0.2, 0.25) is 0 Å². The first-order valence-electron chi connectivity index (χ1n) is 6.05. The van der Waals surface area contributed by atoms with E-state index in [1.807, 2.05) is 37.4 Å². The van der Waals surface area contributed by atoms with E-state index >= 15 is 0 Å². The van der Waals surface area contributed by atoms with Crippen molar-refractivity contribution in [2.45, 2.75) is 13.3 Å². The normalized spacial score (nSPS) is 10.5. The van der Waals surface area contributed by atoms with Gasteiger partial charge in [-0.3, -0.25) is 5.10 Å². The monoisotopic (exact) mass is 248 g/mol. The lowest BCUT2D eigenvalue weighted by Gasteiger charge is -2.03. The molecule has 0 aliphatic heterocycles. The first-order chi connectivity index (χ1) is 9.28. The predicted molar refractivity (Wildman–Crippen MR) is 73.4 cm³/mol. The van der Waals surface area contributed by atoms with E-state index < -0.39 is 0 Å². The standard InChI is InChI=1S/C15H12N4/c1-10-14-8-13(9-17-15(14)19-18-10)12-4-2-3-11(7-12)5-6-16/h2-4,7-9H,5H2,1H3,(H,17,18,19). The van der Waals surface area contributed by atoms with Crippen LogP contribution in [0.2, 0.25) is 0 Å². The number of H-pyrrole nitrogens is 1. The van der Waals surface area contributed by atoms with Crippen LogP contribution < -0.4 is 0 Å². The maximum atomic E-state index is 8.76. The number of pyridine rings is 1. The Kier molecular flexibility index (Phi) is 2.73. The molecule has 0 aliphatic rings. The van der Waals surface area contributed by atoms with Gasteiger partial charge in [-0.25, -0.2) is 4.98 Å². The van der Waals surface area contributed by atoms with Crippen LogP contribution in [0.1, 0.15) is 11.3 Å². The van der Waals surface area contributed by atoms with Gasteiger partial charge in [-0.1, -0.05) is 24.3 Å². The average molecular weight is 248 g/mol. The summed E-state index contributed by atoms with van der Waals surface area (Å²) >= 11 is 0. The van der Waals surface area contributed by atoms with Crippen molar-refractivity contribution >= 4 is 11.0 Å². The highest BCUT2D eigenvalue weighted by Crippen LogP contribution is 2.24. The second-order valence-electron chi connectivity index (χ2n) is 4.46. The summed E-state index contributed by atoms with van der Waals surface area (Å²) in [4.78, 5) is 4.37. The van der Waals surface area contributed by atoms with Gasteiger partial charge in [0.05, 0.1) is 18.2 Å². The van der Waals surface area contributed by atoms with E-state index in [2.05, 4.69) is 27.3 Å². The number of nitrogens with one attached hydrogen (secondary N) is 1. The minimum absolute atomic E-state index is 0.425. The van der Waals surface area contributed by atoms with E-state index in [1.165, 1.54) is 0 Å². The zero-order valence-electron chi connectivity index (χ0n) is 10.5. The van der Waals surface area contributed by atoms with Crippen LogP contribution in [0.25, 0.3) is 22.2 Å². The second-order valence-corrected chi connectivity index (χ2v) is 4.46. The van der Waals surface area contributed by atoms with Crippen molar-refractivity contribution in [3.05, 3.63) is 47.8 Å². The molecule has 0 fully saturated rings. The number of hydrogen-bond acceptors (Lipinski definition) is 3. The Morgan fingerprint density at radius 2 is 2.16 bits per heavy atom. The highest BCUT2D eigenvalue weighted by molar-refractivity contribution is 5.82. The number of hydrogen-bond donors (Lipinski definition) is 1. The summed E-state index contributed by atoms with van der Waals surface area (Å²) in [6, 6.07) is 12.2. The van der Waals surface area contributed by atoms with Gasteiger partial charge in [0.25, 0.3) is 0 Å². The van der Waals surface area contributed by atoms with Crippen LogP contribution in [0.15, 0.2) is 36.5 Å². The predicted octanol–water partition coefficient (Wildman–Crippen LogP) is 3.00. The Morgan fingerprint density at radius 1 is 1.26 bits per heavy atom. The molecule has 1 aromatic carbocycles. The van der Waals surface area contributed by atoms with Crippen LogP contribution in [0.5, 0.6) is 0 Å². The number of aromatic amines is 1. The quantitative estimate of drug-likeness (QED) is 0.758. The van der Waals surface area contributed by atoms with Crippen molar-refractivity contribution < 1.29 is 0 Å². The van der Waals surface area contributed by atoms with Crippen LogP contribution >= 0.6 is 0 Å². The maximum absolute atomic E-state index is 8.76. The molecule has 4 heteroatoms. The molecular weight excluding hydrogens is 236 g/mol. The van der Waals surface area contributed by atoms with E-state index in [0.717, 1.165) is 33.4 Å². The molecule has 0 unspecified atom stereocenters. The third-order valence-electron chi connectivity index (χ3n) is 3.15. The number of nitriles is 1. The number of rotatable bonds is 2. The Balaban J connectivity index is 2.10. The van der Waals surface area contributed by atoms with E-state index in [0.29, 0.717) is 6.42 Å². The minimum Gasteiger partial charge on any atom is -0.261 e. The SMILES string of the molecule is Cc1n[nH]c2ncc(-c3cccc(CC#N)c3)cc12. The maximum Gasteiger partial charge on any atom is 0.155 e. The summed E-state index contributed by atoms with van der Waals surface area (Å²) < 4.78 is 0. The van der Waals surface area contributed by atoms with Gasteiger partial charge in [-0.15, -0.1) is 0 Å². The number of benzene rings is 1. The fraction of sp³-hybridized carbons (Fsp3) is 0.133. The lowest BCUT2D eigenvalue weighted by molar-refractivity contribution is 1.05. The number of aromatic nitrogens is 3. The number of nitrogens with zero attached hydrogens (tertiary/aromatic N) is 3. The molecule has 92 valence electrons. The Morgan fingerprint density at radius 3 is 3.00 bits per heavy atom. The van der Waals surface area contributed by atoms with Crippen molar-refractivity contribution in [3.63, 3.8) is 0 Å². The molecule has 4 nitrogen and oxygen atoms in total. The van der Waals surface area contributed by atoms with Gasteiger partial charge in [-0.05, 0) is 24.1 Å². The van der Waals surface area contributed by atoms with Crippen molar-refractivity contribution in [3.8, 4) is 17.2 Å². The summed E-state index contributed by atoms with van der Waals surface area (Å²) in [5, 5.41) is 16.8. The lowest BCUT2D eigenvalue weighted by Crippen LogP contribution is -1.85. The Labute approximate surface area is 110 Å². The molecule has 0 saturated heterocycles. The first kappa shape index (κ1) is 11.4. The summed E-state index contributed by atoms with van der Waals surface area (Å²) in [6.45, 7) is 1.95. The van der Waals surface area contributed by atoms with Gasteiger partial charge < -0.3 is 0 Å². The van der Waals surface area contributed by atoms with Crippen molar-refractivity contribution in [2.75, 3.05) is 0 Å². The van der Waals surface area contributed by atoms with E-state index in [-0.39, 0.29) is 0 Å². The molecule has 0 aliphatic carbocycles. The average Bonchev–Trinajstić information content (AvgIpc) is 2.81. The first-order valence-corrected chi connectivity index (χ1v) is 6.05.